The average molecular weight is 359 g/mol. The zero-order valence-electron chi connectivity index (χ0n) is 13.4. The summed E-state index contributed by atoms with van der Waals surface area (Å²) in [6.07, 6.45) is -0.871. The quantitative estimate of drug-likeness (QED) is 0.801. The van der Waals surface area contributed by atoms with Gasteiger partial charge in [0.1, 0.15) is 5.75 Å². The Morgan fingerprint density at radius 2 is 1.80 bits per heavy atom. The van der Waals surface area contributed by atoms with Gasteiger partial charge in [-0.3, -0.25) is 4.79 Å². The molecule has 0 aliphatic heterocycles. The highest BCUT2D eigenvalue weighted by Gasteiger charge is 2.17. The van der Waals surface area contributed by atoms with Gasteiger partial charge >= 0.3 is 5.97 Å². The van der Waals surface area contributed by atoms with E-state index in [9.17, 15) is 9.59 Å². The number of nitriles is 1. The van der Waals surface area contributed by atoms with E-state index in [1.165, 1.54) is 6.92 Å². The van der Waals surface area contributed by atoms with Crippen molar-refractivity contribution in [2.24, 2.45) is 0 Å². The normalized spacial score (nSPS) is 11.1. The Balaban J connectivity index is 1.78. The third-order valence-electron chi connectivity index (χ3n) is 3.10. The number of esters is 1. The minimum Gasteiger partial charge on any atom is -0.479 e. The highest BCUT2D eigenvalue weighted by atomic mass is 35.5. The molecule has 2 aromatic carbocycles. The van der Waals surface area contributed by atoms with Gasteiger partial charge in [0.15, 0.2) is 12.7 Å². The fourth-order valence-electron chi connectivity index (χ4n) is 1.84. The molecule has 0 bridgehead atoms. The lowest BCUT2D eigenvalue weighted by molar-refractivity contribution is -0.153. The number of hydrogen-bond acceptors (Lipinski definition) is 5. The highest BCUT2D eigenvalue weighted by Crippen LogP contribution is 2.17. The molecule has 0 aromatic heterocycles. The molecule has 1 N–H and O–H groups in total. The molecular weight excluding hydrogens is 344 g/mol. The first kappa shape index (κ1) is 18.3. The van der Waals surface area contributed by atoms with Crippen LogP contribution in [0.1, 0.15) is 12.5 Å². The van der Waals surface area contributed by atoms with Crippen molar-refractivity contribution in [1.82, 2.24) is 0 Å². The Kier molecular flexibility index (Phi) is 6.38. The Labute approximate surface area is 149 Å². The van der Waals surface area contributed by atoms with E-state index < -0.39 is 24.6 Å². The largest absolute Gasteiger partial charge is 0.479 e. The van der Waals surface area contributed by atoms with E-state index in [1.54, 1.807) is 48.5 Å². The van der Waals surface area contributed by atoms with Crippen LogP contribution < -0.4 is 10.1 Å². The third-order valence-corrected chi connectivity index (χ3v) is 3.35. The van der Waals surface area contributed by atoms with Crippen LogP contribution in [0.4, 0.5) is 5.69 Å². The van der Waals surface area contributed by atoms with E-state index in [0.717, 1.165) is 0 Å². The minimum atomic E-state index is -0.871. The molecule has 0 aliphatic rings. The summed E-state index contributed by atoms with van der Waals surface area (Å²) in [6, 6.07) is 14.8. The van der Waals surface area contributed by atoms with Crippen LogP contribution in [0.5, 0.6) is 5.75 Å². The summed E-state index contributed by atoms with van der Waals surface area (Å²) in [7, 11) is 0. The Morgan fingerprint density at radius 1 is 1.16 bits per heavy atom. The van der Waals surface area contributed by atoms with Crippen molar-refractivity contribution in [3.05, 3.63) is 59.1 Å². The van der Waals surface area contributed by atoms with Crippen molar-refractivity contribution < 1.29 is 19.1 Å². The van der Waals surface area contributed by atoms with Gasteiger partial charge in [-0.05, 0) is 55.5 Å². The maximum Gasteiger partial charge on any atom is 0.347 e. The number of ether oxygens (including phenoxy) is 2. The van der Waals surface area contributed by atoms with Crippen LogP contribution in [0.3, 0.4) is 0 Å². The molecule has 128 valence electrons. The second-order valence-corrected chi connectivity index (χ2v) is 5.50. The molecule has 0 heterocycles. The maximum atomic E-state index is 11.9. The zero-order valence-corrected chi connectivity index (χ0v) is 14.1. The molecule has 0 aliphatic carbocycles. The van der Waals surface area contributed by atoms with Gasteiger partial charge in [0, 0.05) is 10.7 Å². The van der Waals surface area contributed by atoms with Crippen LogP contribution in [-0.4, -0.2) is 24.6 Å². The maximum absolute atomic E-state index is 11.9. The number of nitrogens with zero attached hydrogens (tertiary/aromatic N) is 1. The number of hydrogen-bond donors (Lipinski definition) is 1. The van der Waals surface area contributed by atoms with E-state index in [1.807, 2.05) is 6.07 Å². The molecule has 0 spiro atoms. The second-order valence-electron chi connectivity index (χ2n) is 5.06. The average Bonchev–Trinajstić information content (AvgIpc) is 2.62. The summed E-state index contributed by atoms with van der Waals surface area (Å²) in [6.45, 7) is 1.09. The van der Waals surface area contributed by atoms with Gasteiger partial charge in [-0.25, -0.2) is 4.79 Å². The molecule has 0 radical (unpaired) electrons. The number of anilines is 1. The van der Waals surface area contributed by atoms with Crippen molar-refractivity contribution >= 4 is 29.2 Å². The second kappa shape index (κ2) is 8.71. The minimum absolute atomic E-state index is 0.437. The number of carbonyl (C=O) groups excluding carboxylic acids is 2. The predicted octanol–water partition coefficient (Wildman–Crippen LogP) is 3.16. The standard InChI is InChI=1S/C18H15ClN2O4/c1-12(25-16-8-4-14(19)5-9-16)18(23)24-11-17(22)21-15-6-2-13(10-20)3-7-15/h2-9,12H,11H2,1H3,(H,21,22)/t12-/m0/s1. The number of benzene rings is 2. The summed E-state index contributed by atoms with van der Waals surface area (Å²) < 4.78 is 10.3. The van der Waals surface area contributed by atoms with Crippen LogP contribution in [0.25, 0.3) is 0 Å². The summed E-state index contributed by atoms with van der Waals surface area (Å²) in [4.78, 5) is 23.6. The Hall–Kier alpha value is -3.04. The smallest absolute Gasteiger partial charge is 0.347 e. The molecule has 0 saturated carbocycles. The van der Waals surface area contributed by atoms with Crippen LogP contribution in [0.15, 0.2) is 48.5 Å². The first-order valence-corrected chi connectivity index (χ1v) is 7.74. The van der Waals surface area contributed by atoms with E-state index >= 15 is 0 Å². The van der Waals surface area contributed by atoms with Crippen LogP contribution in [0, 0.1) is 11.3 Å². The Morgan fingerprint density at radius 3 is 2.40 bits per heavy atom. The Bertz CT molecular complexity index is 782. The topological polar surface area (TPSA) is 88.4 Å². The molecule has 1 amide bonds. The van der Waals surface area contributed by atoms with Crippen molar-refractivity contribution in [3.8, 4) is 11.8 Å². The lowest BCUT2D eigenvalue weighted by Gasteiger charge is -2.14. The molecule has 1 atom stereocenters. The van der Waals surface area contributed by atoms with E-state index in [-0.39, 0.29) is 0 Å². The zero-order chi connectivity index (χ0) is 18.2. The predicted molar refractivity (Wildman–Crippen MR) is 92.3 cm³/mol. The van der Waals surface area contributed by atoms with Crippen molar-refractivity contribution in [2.75, 3.05) is 11.9 Å². The molecule has 0 saturated heterocycles. The first-order valence-electron chi connectivity index (χ1n) is 7.37. The van der Waals surface area contributed by atoms with Crippen molar-refractivity contribution in [2.45, 2.75) is 13.0 Å². The van der Waals surface area contributed by atoms with E-state index in [0.29, 0.717) is 22.0 Å². The number of carbonyl (C=O) groups is 2. The molecule has 0 unspecified atom stereocenters. The van der Waals surface area contributed by atoms with Gasteiger partial charge in [0.05, 0.1) is 11.6 Å². The van der Waals surface area contributed by atoms with Crippen LogP contribution in [-0.2, 0) is 14.3 Å². The molecule has 0 fully saturated rings. The van der Waals surface area contributed by atoms with Gasteiger partial charge in [0.2, 0.25) is 0 Å². The SMILES string of the molecule is C[C@H](Oc1ccc(Cl)cc1)C(=O)OCC(=O)Nc1ccc(C#N)cc1. The van der Waals surface area contributed by atoms with Gasteiger partial charge in [-0.1, -0.05) is 11.6 Å². The number of amides is 1. The number of nitrogens with one attached hydrogen (secondary N) is 1. The first-order chi connectivity index (χ1) is 12.0. The molecule has 7 heteroatoms. The third kappa shape index (κ3) is 5.83. The lowest BCUT2D eigenvalue weighted by atomic mass is 10.2. The fraction of sp³-hybridized carbons (Fsp3) is 0.167. The van der Waals surface area contributed by atoms with Crippen molar-refractivity contribution in [1.29, 1.82) is 5.26 Å². The summed E-state index contributed by atoms with van der Waals surface area (Å²) >= 11 is 5.77. The summed E-state index contributed by atoms with van der Waals surface area (Å²) in [5.41, 5.74) is 0.989. The molecule has 2 rings (SSSR count). The van der Waals surface area contributed by atoms with Gasteiger partial charge in [-0.2, -0.15) is 5.26 Å². The van der Waals surface area contributed by atoms with Crippen LogP contribution >= 0.6 is 11.6 Å². The lowest BCUT2D eigenvalue weighted by Crippen LogP contribution is -2.29. The molecule has 6 nitrogen and oxygen atoms in total. The van der Waals surface area contributed by atoms with Gasteiger partial charge < -0.3 is 14.8 Å². The molecule has 25 heavy (non-hydrogen) atoms. The summed E-state index contributed by atoms with van der Waals surface area (Å²) in [5, 5.41) is 11.8. The fourth-order valence-corrected chi connectivity index (χ4v) is 1.97. The van der Waals surface area contributed by atoms with Gasteiger partial charge in [0.25, 0.3) is 5.91 Å². The van der Waals surface area contributed by atoms with E-state index in [2.05, 4.69) is 5.32 Å². The van der Waals surface area contributed by atoms with Crippen LogP contribution in [0.2, 0.25) is 5.02 Å². The number of halogens is 1. The number of rotatable bonds is 6. The molecule has 2 aromatic rings. The van der Waals surface area contributed by atoms with E-state index in [4.69, 9.17) is 26.3 Å². The van der Waals surface area contributed by atoms with Gasteiger partial charge in [-0.15, -0.1) is 0 Å². The summed E-state index contributed by atoms with van der Waals surface area (Å²) in [5.74, 6) is -0.683. The van der Waals surface area contributed by atoms with Crippen molar-refractivity contribution in [3.63, 3.8) is 0 Å². The molecular formula is C18H15ClN2O4. The highest BCUT2D eigenvalue weighted by molar-refractivity contribution is 6.30. The monoisotopic (exact) mass is 358 g/mol.